The Kier molecular flexibility index (Phi) is 8.01. The predicted molar refractivity (Wildman–Crippen MR) is 63.6 cm³/mol. The van der Waals surface area contributed by atoms with Gasteiger partial charge in [-0.05, 0) is 6.42 Å². The number of unbranched alkanes of at least 4 members (excludes halogenated alkanes) is 2. The van der Waals surface area contributed by atoms with Crippen LogP contribution in [0.2, 0.25) is 0 Å². The number of carboxylic acid groups (broad SMARTS) is 1. The Morgan fingerprint density at radius 2 is 2.00 bits per heavy atom. The van der Waals surface area contributed by atoms with E-state index < -0.39 is 12.0 Å². The minimum Gasteiger partial charge on any atom is -0.481 e. The maximum absolute atomic E-state index is 11.6. The number of carboxylic acids is 1. The molecule has 1 amide bonds. The molecule has 0 aliphatic heterocycles. The summed E-state index contributed by atoms with van der Waals surface area (Å²) < 4.78 is 0. The van der Waals surface area contributed by atoms with Crippen LogP contribution in [0.1, 0.15) is 46.0 Å². The molecule has 0 fully saturated rings. The van der Waals surface area contributed by atoms with Crippen LogP contribution in [0.25, 0.3) is 0 Å². The highest BCUT2D eigenvalue weighted by atomic mass is 16.4. The van der Waals surface area contributed by atoms with Crippen molar-refractivity contribution in [3.8, 4) is 0 Å². The quantitative estimate of drug-likeness (QED) is 0.473. The first-order chi connectivity index (χ1) is 8.01. The smallest absolute Gasteiger partial charge is 0.305 e. The Labute approximate surface area is 102 Å². The lowest BCUT2D eigenvalue weighted by Gasteiger charge is -2.15. The summed E-state index contributed by atoms with van der Waals surface area (Å²) in [5, 5.41) is 11.0. The highest BCUT2D eigenvalue weighted by molar-refractivity contribution is 5.83. The van der Waals surface area contributed by atoms with Gasteiger partial charge in [0.25, 0.3) is 0 Å². The highest BCUT2D eigenvalue weighted by Gasteiger charge is 2.18. The molecule has 0 unspecified atom stereocenters. The lowest BCUT2D eigenvalue weighted by Crippen LogP contribution is -2.40. The van der Waals surface area contributed by atoms with Crippen LogP contribution in [0.4, 0.5) is 0 Å². The van der Waals surface area contributed by atoms with Gasteiger partial charge in [0, 0.05) is 5.92 Å². The zero-order valence-corrected chi connectivity index (χ0v) is 10.4. The minimum absolute atomic E-state index is 0.183. The molecule has 0 aromatic rings. The van der Waals surface area contributed by atoms with E-state index in [-0.39, 0.29) is 18.2 Å². The average Bonchev–Trinajstić information content (AvgIpc) is 2.27. The second-order valence-electron chi connectivity index (χ2n) is 4.25. The molecule has 5 nitrogen and oxygen atoms in total. The molecule has 0 heterocycles. The van der Waals surface area contributed by atoms with Gasteiger partial charge < -0.3 is 15.2 Å². The van der Waals surface area contributed by atoms with Crippen molar-refractivity contribution in [1.29, 1.82) is 0 Å². The number of carbonyl (C=O) groups excluding carboxylic acids is 2. The number of aliphatic carboxylic acids is 1. The Morgan fingerprint density at radius 1 is 1.35 bits per heavy atom. The summed E-state index contributed by atoms with van der Waals surface area (Å²) in [6, 6.07) is -0.923. The lowest BCUT2D eigenvalue weighted by atomic mass is 10.0. The highest BCUT2D eigenvalue weighted by Crippen LogP contribution is 2.09. The standard InChI is InChI=1S/C12H21NO4/c1-3-4-5-6-9(2)12(17)13-10(8-14)7-11(15)16/h8-10H,3-7H2,1-2H3,(H,13,17)(H,15,16)/t9-,10-/m0/s1. The fourth-order valence-electron chi connectivity index (χ4n) is 1.48. The average molecular weight is 243 g/mol. The van der Waals surface area contributed by atoms with Gasteiger partial charge in [0.15, 0.2) is 0 Å². The normalized spacial score (nSPS) is 13.8. The number of amides is 1. The number of nitrogens with one attached hydrogen (secondary N) is 1. The van der Waals surface area contributed by atoms with Crippen LogP contribution in [-0.2, 0) is 14.4 Å². The Balaban J connectivity index is 4.03. The van der Waals surface area contributed by atoms with E-state index in [0.717, 1.165) is 25.7 Å². The molecule has 0 aromatic heterocycles. The van der Waals surface area contributed by atoms with E-state index in [9.17, 15) is 14.4 Å². The van der Waals surface area contributed by atoms with Crippen molar-refractivity contribution < 1.29 is 19.5 Å². The van der Waals surface area contributed by atoms with Gasteiger partial charge in [0.2, 0.25) is 5.91 Å². The number of aldehydes is 1. The zero-order chi connectivity index (χ0) is 13.3. The van der Waals surface area contributed by atoms with Crippen LogP contribution in [-0.4, -0.2) is 29.3 Å². The molecule has 2 atom stereocenters. The largest absolute Gasteiger partial charge is 0.481 e. The second kappa shape index (κ2) is 8.73. The maximum Gasteiger partial charge on any atom is 0.305 e. The van der Waals surface area contributed by atoms with Crippen LogP contribution >= 0.6 is 0 Å². The first-order valence-corrected chi connectivity index (χ1v) is 5.98. The minimum atomic E-state index is -1.10. The third-order valence-electron chi connectivity index (χ3n) is 2.57. The zero-order valence-electron chi connectivity index (χ0n) is 10.4. The fourth-order valence-corrected chi connectivity index (χ4v) is 1.48. The molecule has 17 heavy (non-hydrogen) atoms. The van der Waals surface area contributed by atoms with Crippen molar-refractivity contribution in [2.45, 2.75) is 52.0 Å². The molecule has 2 N–H and O–H groups in total. The summed E-state index contributed by atoms with van der Waals surface area (Å²) in [6.45, 7) is 3.87. The molecule has 0 saturated heterocycles. The van der Waals surface area contributed by atoms with Crippen LogP contribution < -0.4 is 5.32 Å². The summed E-state index contributed by atoms with van der Waals surface area (Å²) >= 11 is 0. The number of carbonyl (C=O) groups is 3. The van der Waals surface area contributed by atoms with E-state index >= 15 is 0 Å². The lowest BCUT2D eigenvalue weighted by molar-refractivity contribution is -0.139. The molecule has 5 heteroatoms. The topological polar surface area (TPSA) is 83.5 Å². The SMILES string of the molecule is CCCCC[C@H](C)C(=O)N[C@H](C=O)CC(=O)O. The summed E-state index contributed by atoms with van der Waals surface area (Å²) in [5.74, 6) is -1.53. The molecular formula is C12H21NO4. The van der Waals surface area contributed by atoms with Gasteiger partial charge in [0.05, 0.1) is 12.5 Å². The van der Waals surface area contributed by atoms with E-state index in [4.69, 9.17) is 5.11 Å². The van der Waals surface area contributed by atoms with Gasteiger partial charge in [-0.25, -0.2) is 0 Å². The molecule has 0 rings (SSSR count). The molecule has 0 radical (unpaired) electrons. The summed E-state index contributed by atoms with van der Waals surface area (Å²) in [5.41, 5.74) is 0. The maximum atomic E-state index is 11.6. The fraction of sp³-hybridized carbons (Fsp3) is 0.750. The number of hydrogen-bond donors (Lipinski definition) is 2. The first-order valence-electron chi connectivity index (χ1n) is 5.98. The third-order valence-corrected chi connectivity index (χ3v) is 2.57. The van der Waals surface area contributed by atoms with Crippen LogP contribution in [0, 0.1) is 5.92 Å². The van der Waals surface area contributed by atoms with Crippen LogP contribution in [0.5, 0.6) is 0 Å². The Hall–Kier alpha value is -1.39. The van der Waals surface area contributed by atoms with Gasteiger partial charge in [0.1, 0.15) is 6.29 Å². The van der Waals surface area contributed by atoms with Crippen molar-refractivity contribution in [2.24, 2.45) is 5.92 Å². The van der Waals surface area contributed by atoms with Gasteiger partial charge in [-0.3, -0.25) is 9.59 Å². The summed E-state index contributed by atoms with van der Waals surface area (Å²) in [7, 11) is 0. The summed E-state index contributed by atoms with van der Waals surface area (Å²) in [4.78, 5) is 32.6. The van der Waals surface area contributed by atoms with Gasteiger partial charge in [-0.1, -0.05) is 33.1 Å². The van der Waals surface area contributed by atoms with E-state index in [1.54, 1.807) is 6.92 Å². The van der Waals surface area contributed by atoms with Gasteiger partial charge in [-0.15, -0.1) is 0 Å². The Bertz CT molecular complexity index is 265. The monoisotopic (exact) mass is 243 g/mol. The molecule has 0 aromatic carbocycles. The third kappa shape index (κ3) is 7.49. The molecule has 0 bridgehead atoms. The van der Waals surface area contributed by atoms with Crippen molar-refractivity contribution in [1.82, 2.24) is 5.32 Å². The van der Waals surface area contributed by atoms with E-state index in [1.807, 2.05) is 0 Å². The molecule has 0 spiro atoms. The van der Waals surface area contributed by atoms with Gasteiger partial charge in [-0.2, -0.15) is 0 Å². The van der Waals surface area contributed by atoms with Gasteiger partial charge >= 0.3 is 5.97 Å². The van der Waals surface area contributed by atoms with E-state index in [2.05, 4.69) is 12.2 Å². The van der Waals surface area contributed by atoms with Crippen molar-refractivity contribution in [2.75, 3.05) is 0 Å². The molecule has 98 valence electrons. The molecule has 0 saturated carbocycles. The Morgan fingerprint density at radius 3 is 2.47 bits per heavy atom. The van der Waals surface area contributed by atoms with E-state index in [0.29, 0.717) is 6.29 Å². The predicted octanol–water partition coefficient (Wildman–Crippen LogP) is 1.36. The first kappa shape index (κ1) is 15.6. The van der Waals surface area contributed by atoms with E-state index in [1.165, 1.54) is 0 Å². The summed E-state index contributed by atoms with van der Waals surface area (Å²) in [6.07, 6.45) is 3.99. The second-order valence-corrected chi connectivity index (χ2v) is 4.25. The van der Waals surface area contributed by atoms with Crippen LogP contribution in [0.15, 0.2) is 0 Å². The van der Waals surface area contributed by atoms with Crippen LogP contribution in [0.3, 0.4) is 0 Å². The van der Waals surface area contributed by atoms with Crippen molar-refractivity contribution in [3.63, 3.8) is 0 Å². The number of rotatable bonds is 9. The molecule has 0 aliphatic carbocycles. The number of hydrogen-bond acceptors (Lipinski definition) is 3. The van der Waals surface area contributed by atoms with Crippen molar-refractivity contribution >= 4 is 18.2 Å². The molecular weight excluding hydrogens is 222 g/mol. The molecule has 0 aliphatic rings. The van der Waals surface area contributed by atoms with Crippen molar-refractivity contribution in [3.05, 3.63) is 0 Å².